The number of halogens is 1. The highest BCUT2D eigenvalue weighted by molar-refractivity contribution is 7.99. The Morgan fingerprint density at radius 3 is 3.12 bits per heavy atom. The third-order valence-corrected chi connectivity index (χ3v) is 3.80. The van der Waals surface area contributed by atoms with Gasteiger partial charge in [0.1, 0.15) is 5.82 Å². The third kappa shape index (κ3) is 3.12. The van der Waals surface area contributed by atoms with Crippen LogP contribution in [0.25, 0.3) is 0 Å². The van der Waals surface area contributed by atoms with Crippen molar-refractivity contribution >= 4 is 17.4 Å². The van der Waals surface area contributed by atoms with Gasteiger partial charge >= 0.3 is 0 Å². The molecule has 88 valence electrons. The van der Waals surface area contributed by atoms with Gasteiger partial charge in [-0.25, -0.2) is 4.39 Å². The van der Waals surface area contributed by atoms with Crippen LogP contribution in [0.4, 0.5) is 10.1 Å². The van der Waals surface area contributed by atoms with Crippen LogP contribution in [0.1, 0.15) is 19.3 Å². The van der Waals surface area contributed by atoms with Crippen LogP contribution in [-0.4, -0.2) is 18.5 Å². The average molecular weight is 241 g/mol. The van der Waals surface area contributed by atoms with Crippen molar-refractivity contribution in [2.24, 2.45) is 0 Å². The van der Waals surface area contributed by atoms with Gasteiger partial charge in [0.2, 0.25) is 0 Å². The molecule has 16 heavy (non-hydrogen) atoms. The smallest absolute Gasteiger partial charge is 0.124 e. The number of hydrogen-bond donors (Lipinski definition) is 1. The molecule has 1 aromatic carbocycles. The van der Waals surface area contributed by atoms with Gasteiger partial charge in [0.05, 0.1) is 6.10 Å². The molecule has 1 saturated heterocycles. The summed E-state index contributed by atoms with van der Waals surface area (Å²) in [6.45, 7) is 0.886. The molecular formula is C12H16FNOS. The molecule has 4 heteroatoms. The van der Waals surface area contributed by atoms with Crippen molar-refractivity contribution in [3.63, 3.8) is 0 Å². The van der Waals surface area contributed by atoms with Crippen LogP contribution in [0, 0.1) is 5.82 Å². The summed E-state index contributed by atoms with van der Waals surface area (Å²) < 4.78 is 18.5. The molecule has 1 aliphatic rings. The fraction of sp³-hybridized carbons (Fsp3) is 0.500. The number of nitrogens with two attached hydrogens (primary N) is 1. The molecule has 0 amide bonds. The summed E-state index contributed by atoms with van der Waals surface area (Å²) in [7, 11) is 0. The average Bonchev–Trinajstić information content (AvgIpc) is 2.76. The Morgan fingerprint density at radius 2 is 2.38 bits per heavy atom. The highest BCUT2D eigenvalue weighted by atomic mass is 32.2. The van der Waals surface area contributed by atoms with E-state index in [2.05, 4.69) is 0 Å². The van der Waals surface area contributed by atoms with Crippen molar-refractivity contribution in [1.82, 2.24) is 0 Å². The van der Waals surface area contributed by atoms with E-state index in [1.165, 1.54) is 12.1 Å². The van der Waals surface area contributed by atoms with E-state index >= 15 is 0 Å². The summed E-state index contributed by atoms with van der Waals surface area (Å²) >= 11 is 1.60. The number of nitrogen functional groups attached to an aromatic ring is 1. The molecule has 1 heterocycles. The Labute approximate surface area is 99.4 Å². The third-order valence-electron chi connectivity index (χ3n) is 2.70. The maximum absolute atomic E-state index is 13.0. The number of benzene rings is 1. The van der Waals surface area contributed by atoms with E-state index < -0.39 is 0 Å². The maximum Gasteiger partial charge on any atom is 0.124 e. The first-order chi connectivity index (χ1) is 7.75. The Hall–Kier alpha value is -0.740. The van der Waals surface area contributed by atoms with Crippen LogP contribution < -0.4 is 5.73 Å². The largest absolute Gasteiger partial charge is 0.398 e. The van der Waals surface area contributed by atoms with E-state index in [1.807, 2.05) is 0 Å². The molecule has 2 N–H and O–H groups in total. The lowest BCUT2D eigenvalue weighted by atomic mass is 10.2. The van der Waals surface area contributed by atoms with Crippen LogP contribution in [0.5, 0.6) is 0 Å². The molecule has 1 unspecified atom stereocenters. The molecule has 0 saturated carbocycles. The normalized spacial score (nSPS) is 20.2. The van der Waals surface area contributed by atoms with Gasteiger partial charge in [0, 0.05) is 22.9 Å². The molecule has 0 aromatic heterocycles. The maximum atomic E-state index is 13.0. The second kappa shape index (κ2) is 5.55. The highest BCUT2D eigenvalue weighted by Crippen LogP contribution is 2.28. The Kier molecular flexibility index (Phi) is 4.07. The minimum Gasteiger partial charge on any atom is -0.398 e. The van der Waals surface area contributed by atoms with Crippen LogP contribution in [-0.2, 0) is 4.74 Å². The van der Waals surface area contributed by atoms with Crippen molar-refractivity contribution in [3.8, 4) is 0 Å². The lowest BCUT2D eigenvalue weighted by Crippen LogP contribution is -2.05. The zero-order valence-corrected chi connectivity index (χ0v) is 9.93. The van der Waals surface area contributed by atoms with E-state index in [9.17, 15) is 4.39 Å². The zero-order chi connectivity index (χ0) is 11.4. The Bertz CT molecular complexity index is 353. The van der Waals surface area contributed by atoms with Crippen LogP contribution in [0.2, 0.25) is 0 Å². The topological polar surface area (TPSA) is 35.2 Å². The molecule has 1 aliphatic heterocycles. The molecule has 2 nitrogen and oxygen atoms in total. The van der Waals surface area contributed by atoms with E-state index in [-0.39, 0.29) is 5.82 Å². The quantitative estimate of drug-likeness (QED) is 0.650. The first-order valence-corrected chi connectivity index (χ1v) is 6.53. The second-order valence-corrected chi connectivity index (χ2v) is 5.09. The minimum atomic E-state index is -0.228. The summed E-state index contributed by atoms with van der Waals surface area (Å²) in [5.74, 6) is 0.701. The number of ether oxygens (including phenoxy) is 1. The number of hydrogen-bond acceptors (Lipinski definition) is 3. The lowest BCUT2D eigenvalue weighted by molar-refractivity contribution is 0.109. The van der Waals surface area contributed by atoms with E-state index in [0.717, 1.165) is 36.5 Å². The van der Waals surface area contributed by atoms with Gasteiger partial charge in [-0.15, -0.1) is 11.8 Å². The minimum absolute atomic E-state index is 0.228. The van der Waals surface area contributed by atoms with Crippen molar-refractivity contribution in [1.29, 1.82) is 0 Å². The summed E-state index contributed by atoms with van der Waals surface area (Å²) in [4.78, 5) is 0.831. The van der Waals surface area contributed by atoms with Gasteiger partial charge in [0.15, 0.2) is 0 Å². The lowest BCUT2D eigenvalue weighted by Gasteiger charge is -2.09. The molecule has 0 radical (unpaired) electrons. The molecule has 1 aromatic rings. The first-order valence-electron chi connectivity index (χ1n) is 5.55. The molecular weight excluding hydrogens is 225 g/mol. The number of anilines is 1. The van der Waals surface area contributed by atoms with E-state index in [0.29, 0.717) is 11.8 Å². The Balaban J connectivity index is 1.82. The van der Waals surface area contributed by atoms with Crippen molar-refractivity contribution in [2.45, 2.75) is 30.3 Å². The van der Waals surface area contributed by atoms with Gasteiger partial charge in [-0.05, 0) is 37.5 Å². The fourth-order valence-electron chi connectivity index (χ4n) is 1.81. The van der Waals surface area contributed by atoms with Crippen molar-refractivity contribution in [3.05, 3.63) is 24.0 Å². The number of rotatable bonds is 4. The predicted molar refractivity (Wildman–Crippen MR) is 65.1 cm³/mol. The second-order valence-electron chi connectivity index (χ2n) is 3.95. The molecule has 2 rings (SSSR count). The van der Waals surface area contributed by atoms with Crippen LogP contribution in [0.3, 0.4) is 0 Å². The highest BCUT2D eigenvalue weighted by Gasteiger charge is 2.15. The molecule has 0 bridgehead atoms. The van der Waals surface area contributed by atoms with E-state index in [4.69, 9.17) is 10.5 Å². The van der Waals surface area contributed by atoms with Gasteiger partial charge < -0.3 is 10.5 Å². The van der Waals surface area contributed by atoms with Crippen LogP contribution >= 0.6 is 11.8 Å². The van der Waals surface area contributed by atoms with Gasteiger partial charge in [0.25, 0.3) is 0 Å². The molecule has 0 aliphatic carbocycles. The van der Waals surface area contributed by atoms with Gasteiger partial charge in [-0.1, -0.05) is 0 Å². The SMILES string of the molecule is Nc1ccc(F)cc1SCCC1CCCO1. The first kappa shape index (κ1) is 11.7. The predicted octanol–water partition coefficient (Wildman–Crippen LogP) is 3.07. The van der Waals surface area contributed by atoms with Gasteiger partial charge in [-0.2, -0.15) is 0 Å². The summed E-state index contributed by atoms with van der Waals surface area (Å²) in [6, 6.07) is 4.50. The molecule has 1 fully saturated rings. The van der Waals surface area contributed by atoms with Crippen molar-refractivity contribution < 1.29 is 9.13 Å². The summed E-state index contributed by atoms with van der Waals surface area (Å²) in [5, 5.41) is 0. The fourth-order valence-corrected chi connectivity index (χ4v) is 2.84. The van der Waals surface area contributed by atoms with Gasteiger partial charge in [-0.3, -0.25) is 0 Å². The van der Waals surface area contributed by atoms with E-state index in [1.54, 1.807) is 17.8 Å². The summed E-state index contributed by atoms with van der Waals surface area (Å²) in [6.07, 6.45) is 3.72. The number of thioether (sulfide) groups is 1. The monoisotopic (exact) mass is 241 g/mol. The molecule has 1 atom stereocenters. The standard InChI is InChI=1S/C12H16FNOS/c13-9-3-4-11(14)12(8-9)16-7-5-10-2-1-6-15-10/h3-4,8,10H,1-2,5-7,14H2. The summed E-state index contributed by atoms with van der Waals surface area (Å²) in [5.41, 5.74) is 6.42. The Morgan fingerprint density at radius 1 is 1.50 bits per heavy atom. The zero-order valence-electron chi connectivity index (χ0n) is 9.12. The van der Waals surface area contributed by atoms with Crippen LogP contribution in [0.15, 0.2) is 23.1 Å². The molecule has 0 spiro atoms. The van der Waals surface area contributed by atoms with Crippen molar-refractivity contribution in [2.75, 3.05) is 18.1 Å².